The van der Waals surface area contributed by atoms with Crippen molar-refractivity contribution in [3.05, 3.63) is 64.6 Å². The minimum absolute atomic E-state index is 0.684. The lowest BCUT2D eigenvalue weighted by Crippen LogP contribution is -2.26. The van der Waals surface area contributed by atoms with Gasteiger partial charge in [0.25, 0.3) is 0 Å². The molecule has 0 atom stereocenters. The number of allylic oxidation sites excluding steroid dienone is 1. The Kier molecular flexibility index (Phi) is 4.54. The van der Waals surface area contributed by atoms with Crippen molar-refractivity contribution in [1.82, 2.24) is 14.5 Å². The zero-order valence-electron chi connectivity index (χ0n) is 16.1. The highest BCUT2D eigenvalue weighted by Gasteiger charge is 2.32. The largest absolute Gasteiger partial charge is 0.433 e. The Morgan fingerprint density at radius 1 is 1.18 bits per heavy atom. The van der Waals surface area contributed by atoms with E-state index >= 15 is 0 Å². The van der Waals surface area contributed by atoms with Crippen LogP contribution in [0.2, 0.25) is 0 Å². The minimum Gasteiger partial charge on any atom is -0.320 e. The van der Waals surface area contributed by atoms with E-state index in [0.717, 1.165) is 36.7 Å². The van der Waals surface area contributed by atoms with Crippen LogP contribution >= 0.6 is 0 Å². The van der Waals surface area contributed by atoms with Crippen molar-refractivity contribution in [3.8, 4) is 0 Å². The number of aryl methyl sites for hydroxylation is 1. The highest BCUT2D eigenvalue weighted by molar-refractivity contribution is 5.90. The number of benzene rings is 1. The number of alkyl halides is 3. The molecule has 1 aliphatic heterocycles. The fourth-order valence-electron chi connectivity index (χ4n) is 3.85. The van der Waals surface area contributed by atoms with Crippen molar-refractivity contribution >= 4 is 22.7 Å². The molecule has 1 aromatic carbocycles. The van der Waals surface area contributed by atoms with Gasteiger partial charge < -0.3 is 9.47 Å². The monoisotopic (exact) mass is 385 g/mol. The predicted octanol–water partition coefficient (Wildman–Crippen LogP) is 5.37. The Morgan fingerprint density at radius 3 is 2.64 bits per heavy atom. The molecule has 4 rings (SSSR count). The Bertz CT molecular complexity index is 1060. The SMILES string of the molecule is CC(=Cn1c2c(c3cc(C)ccc31)CN(C)CC2)c1ccc(C(F)(F)F)nc1. The van der Waals surface area contributed by atoms with Crippen LogP contribution in [0.25, 0.3) is 22.7 Å². The number of hydrogen-bond acceptors (Lipinski definition) is 2. The fraction of sp³-hybridized carbons (Fsp3) is 0.318. The summed E-state index contributed by atoms with van der Waals surface area (Å²) in [4.78, 5) is 5.90. The van der Waals surface area contributed by atoms with Gasteiger partial charge in [0.2, 0.25) is 0 Å². The van der Waals surface area contributed by atoms with Gasteiger partial charge in [0.15, 0.2) is 0 Å². The summed E-state index contributed by atoms with van der Waals surface area (Å²) in [6, 6.07) is 8.95. The molecule has 0 fully saturated rings. The van der Waals surface area contributed by atoms with Crippen molar-refractivity contribution in [2.45, 2.75) is 33.0 Å². The van der Waals surface area contributed by atoms with Crippen molar-refractivity contribution < 1.29 is 13.2 Å². The van der Waals surface area contributed by atoms with Crippen molar-refractivity contribution in [3.63, 3.8) is 0 Å². The Labute approximate surface area is 162 Å². The first kappa shape index (κ1) is 18.7. The molecule has 0 amide bonds. The Morgan fingerprint density at radius 2 is 1.96 bits per heavy atom. The molecule has 0 saturated heterocycles. The molecule has 28 heavy (non-hydrogen) atoms. The fourth-order valence-corrected chi connectivity index (χ4v) is 3.85. The third kappa shape index (κ3) is 3.33. The second-order valence-corrected chi connectivity index (χ2v) is 7.55. The summed E-state index contributed by atoms with van der Waals surface area (Å²) in [5, 5.41) is 1.25. The van der Waals surface area contributed by atoms with Gasteiger partial charge in [0, 0.05) is 43.0 Å². The summed E-state index contributed by atoms with van der Waals surface area (Å²) in [6.07, 6.45) is -0.166. The zero-order valence-corrected chi connectivity index (χ0v) is 16.1. The van der Waals surface area contributed by atoms with Gasteiger partial charge in [0.05, 0.1) is 5.52 Å². The average molecular weight is 385 g/mol. The molecule has 3 heterocycles. The number of halogens is 3. The molecule has 3 nitrogen and oxygen atoms in total. The van der Waals surface area contributed by atoms with Crippen LogP contribution in [0.15, 0.2) is 36.5 Å². The molecule has 0 aliphatic carbocycles. The van der Waals surface area contributed by atoms with E-state index in [1.807, 2.05) is 13.1 Å². The van der Waals surface area contributed by atoms with Crippen molar-refractivity contribution in [2.75, 3.05) is 13.6 Å². The first-order valence-electron chi connectivity index (χ1n) is 9.27. The lowest BCUT2D eigenvalue weighted by Gasteiger charge is -2.23. The zero-order chi connectivity index (χ0) is 20.1. The summed E-state index contributed by atoms with van der Waals surface area (Å²) >= 11 is 0. The molecule has 0 radical (unpaired) electrons. The maximum atomic E-state index is 12.8. The maximum absolute atomic E-state index is 12.8. The van der Waals surface area contributed by atoms with Crippen LogP contribution in [0.3, 0.4) is 0 Å². The first-order chi connectivity index (χ1) is 13.2. The number of hydrogen-bond donors (Lipinski definition) is 0. The average Bonchev–Trinajstić information content (AvgIpc) is 2.93. The number of pyridine rings is 1. The van der Waals surface area contributed by atoms with Crippen LogP contribution in [0.5, 0.6) is 0 Å². The first-order valence-corrected chi connectivity index (χ1v) is 9.27. The minimum atomic E-state index is -4.42. The molecule has 1 aliphatic rings. The lowest BCUT2D eigenvalue weighted by molar-refractivity contribution is -0.141. The Balaban J connectivity index is 1.81. The number of likely N-dealkylation sites (N-methyl/N-ethyl adjacent to an activating group) is 1. The summed E-state index contributed by atoms with van der Waals surface area (Å²) in [5.41, 5.74) is 5.65. The predicted molar refractivity (Wildman–Crippen MR) is 106 cm³/mol. The van der Waals surface area contributed by atoms with Gasteiger partial charge in [0.1, 0.15) is 5.69 Å². The summed E-state index contributed by atoms with van der Waals surface area (Å²) in [5.74, 6) is 0. The topological polar surface area (TPSA) is 21.1 Å². The Hall–Kier alpha value is -2.60. The summed E-state index contributed by atoms with van der Waals surface area (Å²) < 4.78 is 40.5. The molecule has 6 heteroatoms. The number of fused-ring (bicyclic) bond motifs is 3. The van der Waals surface area contributed by atoms with Crippen LogP contribution in [-0.4, -0.2) is 28.0 Å². The van der Waals surface area contributed by atoms with Crippen LogP contribution in [-0.2, 0) is 19.1 Å². The van der Waals surface area contributed by atoms with Gasteiger partial charge in [-0.15, -0.1) is 0 Å². The van der Waals surface area contributed by atoms with Gasteiger partial charge in [-0.2, -0.15) is 13.2 Å². The maximum Gasteiger partial charge on any atom is 0.433 e. The van der Waals surface area contributed by atoms with Crippen LogP contribution in [0, 0.1) is 6.92 Å². The highest BCUT2D eigenvalue weighted by atomic mass is 19.4. The quantitative estimate of drug-likeness (QED) is 0.591. The molecule has 3 aromatic rings. The molecule has 146 valence electrons. The smallest absolute Gasteiger partial charge is 0.320 e. The van der Waals surface area contributed by atoms with E-state index < -0.39 is 11.9 Å². The molecule has 0 saturated carbocycles. The molecule has 2 aromatic heterocycles. The van der Waals surface area contributed by atoms with Crippen molar-refractivity contribution in [2.24, 2.45) is 0 Å². The standard InChI is InChI=1S/C22H22F3N3/c1-14-4-6-19-17(10-14)18-13-27(3)9-8-20(18)28(19)12-15(2)16-5-7-21(26-11-16)22(23,24)25/h4-7,10-12H,8-9,13H2,1-3H3. The van der Waals surface area contributed by atoms with Crippen LogP contribution in [0.4, 0.5) is 13.2 Å². The van der Waals surface area contributed by atoms with E-state index in [4.69, 9.17) is 0 Å². The van der Waals surface area contributed by atoms with E-state index in [2.05, 4.69) is 46.6 Å². The molecule has 0 unspecified atom stereocenters. The molecule has 0 spiro atoms. The summed E-state index contributed by atoms with van der Waals surface area (Å²) in [7, 11) is 2.12. The van der Waals surface area contributed by atoms with Gasteiger partial charge in [-0.05, 0) is 55.8 Å². The third-order valence-electron chi connectivity index (χ3n) is 5.37. The molecule has 0 N–H and O–H groups in total. The summed E-state index contributed by atoms with van der Waals surface area (Å²) in [6.45, 7) is 5.88. The normalized spacial score (nSPS) is 15.9. The lowest BCUT2D eigenvalue weighted by atomic mass is 10.0. The van der Waals surface area contributed by atoms with E-state index in [1.165, 1.54) is 34.5 Å². The van der Waals surface area contributed by atoms with E-state index in [9.17, 15) is 13.2 Å². The van der Waals surface area contributed by atoms with E-state index in [-0.39, 0.29) is 0 Å². The van der Waals surface area contributed by atoms with E-state index in [0.29, 0.717) is 5.56 Å². The molecule has 0 bridgehead atoms. The van der Waals surface area contributed by atoms with Gasteiger partial charge in [-0.1, -0.05) is 17.7 Å². The van der Waals surface area contributed by atoms with Crippen LogP contribution < -0.4 is 0 Å². The second kappa shape index (κ2) is 6.78. The molecular formula is C22H22F3N3. The number of nitrogens with zero attached hydrogens (tertiary/aromatic N) is 3. The van der Waals surface area contributed by atoms with Gasteiger partial charge >= 0.3 is 6.18 Å². The third-order valence-corrected chi connectivity index (χ3v) is 5.37. The van der Waals surface area contributed by atoms with Gasteiger partial charge in [-0.3, -0.25) is 4.98 Å². The highest BCUT2D eigenvalue weighted by Crippen LogP contribution is 2.33. The van der Waals surface area contributed by atoms with Gasteiger partial charge in [-0.25, -0.2) is 0 Å². The van der Waals surface area contributed by atoms with Crippen molar-refractivity contribution in [1.29, 1.82) is 0 Å². The number of aromatic nitrogens is 2. The van der Waals surface area contributed by atoms with Crippen LogP contribution in [0.1, 0.15) is 35.0 Å². The number of rotatable bonds is 2. The molecular weight excluding hydrogens is 363 g/mol. The van der Waals surface area contributed by atoms with E-state index in [1.54, 1.807) is 0 Å². The second-order valence-electron chi connectivity index (χ2n) is 7.55.